The highest BCUT2D eigenvalue weighted by Crippen LogP contribution is 2.45. The van der Waals surface area contributed by atoms with Crippen LogP contribution in [0.25, 0.3) is 16.0 Å². The molecule has 0 saturated heterocycles. The maximum absolute atomic E-state index is 13.9. The van der Waals surface area contributed by atoms with Crippen molar-refractivity contribution in [3.63, 3.8) is 0 Å². The lowest BCUT2D eigenvalue weighted by atomic mass is 9.84. The van der Waals surface area contributed by atoms with Crippen molar-refractivity contribution < 1.29 is 26.7 Å². The third-order valence-corrected chi connectivity index (χ3v) is 7.11. The maximum atomic E-state index is 13.9. The van der Waals surface area contributed by atoms with Gasteiger partial charge in [-0.3, -0.25) is 9.48 Å². The number of thiophene rings is 1. The van der Waals surface area contributed by atoms with E-state index in [1.54, 1.807) is 35.2 Å². The van der Waals surface area contributed by atoms with E-state index < -0.39 is 30.8 Å². The topological polar surface area (TPSA) is 45.7 Å². The van der Waals surface area contributed by atoms with E-state index in [9.17, 15) is 26.7 Å². The Labute approximate surface area is 220 Å². The lowest BCUT2D eigenvalue weighted by Crippen LogP contribution is -2.37. The van der Waals surface area contributed by atoms with Gasteiger partial charge in [-0.15, -0.1) is 0 Å². The molecule has 0 saturated carbocycles. The molecule has 2 aromatic heterocycles. The molecule has 3 aromatic rings. The van der Waals surface area contributed by atoms with Crippen LogP contribution in [0.2, 0.25) is 0 Å². The van der Waals surface area contributed by atoms with Crippen LogP contribution in [-0.2, 0) is 24.1 Å². The fraction of sp³-hybridized carbons (Fsp3) is 0.346. The molecular formula is C26H24F5N5OS. The Kier molecular flexibility index (Phi) is 7.99. The summed E-state index contributed by atoms with van der Waals surface area (Å²) in [5.74, 6) is -0.786. The summed E-state index contributed by atoms with van der Waals surface area (Å²) in [6.45, 7) is 7.47. The Bertz CT molecular complexity index is 1390. The highest BCUT2D eigenvalue weighted by molar-refractivity contribution is 7.16. The molecule has 4 rings (SSSR count). The zero-order valence-corrected chi connectivity index (χ0v) is 21.4. The average molecular weight is 550 g/mol. The predicted octanol–water partition coefficient (Wildman–Crippen LogP) is 6.04. The van der Waals surface area contributed by atoms with Gasteiger partial charge in [0.1, 0.15) is 6.54 Å². The highest BCUT2D eigenvalue weighted by Gasteiger charge is 2.39. The SMILES string of the molecule is [C-]#[N+]c1cc2c(s1)CN(C(=O)/C=C/CN(C)C)C[C@H]2c1ccccc1-c1cn(CC(F)F)nc1C(F)(F)F. The van der Waals surface area contributed by atoms with Crippen LogP contribution in [0.3, 0.4) is 0 Å². The molecule has 12 heteroatoms. The summed E-state index contributed by atoms with van der Waals surface area (Å²) in [7, 11) is 3.73. The molecule has 0 spiro atoms. The smallest absolute Gasteiger partial charge is 0.333 e. The van der Waals surface area contributed by atoms with Crippen LogP contribution in [0.15, 0.2) is 48.7 Å². The van der Waals surface area contributed by atoms with E-state index in [1.807, 2.05) is 19.0 Å². The van der Waals surface area contributed by atoms with Gasteiger partial charge >= 0.3 is 6.18 Å². The number of halogens is 5. The lowest BCUT2D eigenvalue weighted by molar-refractivity contribution is -0.141. The molecular weight excluding hydrogens is 525 g/mol. The van der Waals surface area contributed by atoms with E-state index in [2.05, 4.69) is 9.94 Å². The molecule has 0 unspecified atom stereocenters. The number of fused-ring (bicyclic) bond motifs is 1. The number of nitrogens with zero attached hydrogens (tertiary/aromatic N) is 5. The lowest BCUT2D eigenvalue weighted by Gasteiger charge is -2.34. The number of benzene rings is 1. The molecule has 1 aliphatic rings. The van der Waals surface area contributed by atoms with Crippen molar-refractivity contribution in [1.82, 2.24) is 19.6 Å². The predicted molar refractivity (Wildman–Crippen MR) is 134 cm³/mol. The molecule has 0 bridgehead atoms. The van der Waals surface area contributed by atoms with Gasteiger partial charge in [-0.25, -0.2) is 13.6 Å². The van der Waals surface area contributed by atoms with Crippen molar-refractivity contribution in [2.24, 2.45) is 0 Å². The first kappa shape index (κ1) is 27.5. The monoisotopic (exact) mass is 549 g/mol. The van der Waals surface area contributed by atoms with Crippen molar-refractivity contribution in [3.05, 3.63) is 81.8 Å². The second-order valence-corrected chi connectivity index (χ2v) is 10.2. The third-order valence-electron chi connectivity index (χ3n) is 6.08. The van der Waals surface area contributed by atoms with Crippen LogP contribution in [0.4, 0.5) is 27.0 Å². The van der Waals surface area contributed by atoms with Crippen molar-refractivity contribution in [2.75, 3.05) is 27.2 Å². The third kappa shape index (κ3) is 5.95. The first-order valence-corrected chi connectivity index (χ1v) is 12.4. The molecule has 0 fully saturated rings. The zero-order chi connectivity index (χ0) is 27.6. The first-order chi connectivity index (χ1) is 18.0. The number of aromatic nitrogens is 2. The normalized spacial score (nSPS) is 15.9. The largest absolute Gasteiger partial charge is 0.435 e. The Morgan fingerprint density at radius 2 is 2.00 bits per heavy atom. The minimum absolute atomic E-state index is 0.176. The molecule has 0 N–H and O–H groups in total. The van der Waals surface area contributed by atoms with Crippen molar-refractivity contribution in [3.8, 4) is 11.1 Å². The van der Waals surface area contributed by atoms with Crippen molar-refractivity contribution in [1.29, 1.82) is 0 Å². The number of carbonyl (C=O) groups is 1. The van der Waals surface area contributed by atoms with Crippen LogP contribution in [0.1, 0.15) is 27.6 Å². The van der Waals surface area contributed by atoms with Crippen LogP contribution < -0.4 is 0 Å². The van der Waals surface area contributed by atoms with Gasteiger partial charge < -0.3 is 9.80 Å². The maximum Gasteiger partial charge on any atom is 0.435 e. The highest BCUT2D eigenvalue weighted by atomic mass is 32.1. The van der Waals surface area contributed by atoms with Gasteiger partial charge in [0.2, 0.25) is 10.9 Å². The van der Waals surface area contributed by atoms with Gasteiger partial charge in [-0.2, -0.15) is 29.6 Å². The van der Waals surface area contributed by atoms with E-state index in [1.165, 1.54) is 23.5 Å². The van der Waals surface area contributed by atoms with Crippen LogP contribution >= 0.6 is 11.3 Å². The first-order valence-electron chi connectivity index (χ1n) is 11.6. The summed E-state index contributed by atoms with van der Waals surface area (Å²) in [6, 6.07) is 8.11. The molecule has 0 radical (unpaired) electrons. The Balaban J connectivity index is 1.81. The fourth-order valence-electron chi connectivity index (χ4n) is 4.47. The summed E-state index contributed by atoms with van der Waals surface area (Å²) in [5, 5.41) is 3.85. The summed E-state index contributed by atoms with van der Waals surface area (Å²) in [4.78, 5) is 20.8. The molecule has 200 valence electrons. The Hall–Kier alpha value is -3.56. The quantitative estimate of drug-likeness (QED) is 0.205. The fourth-order valence-corrected chi connectivity index (χ4v) is 5.49. The Morgan fingerprint density at radius 3 is 2.66 bits per heavy atom. The minimum atomic E-state index is -4.87. The molecule has 1 aromatic carbocycles. The zero-order valence-electron chi connectivity index (χ0n) is 20.5. The average Bonchev–Trinajstić information content (AvgIpc) is 3.46. The number of amides is 1. The van der Waals surface area contributed by atoms with E-state index >= 15 is 0 Å². The van der Waals surface area contributed by atoms with Crippen LogP contribution in [0, 0.1) is 6.57 Å². The molecule has 0 aliphatic carbocycles. The van der Waals surface area contributed by atoms with Crippen LogP contribution in [0.5, 0.6) is 0 Å². The van der Waals surface area contributed by atoms with Gasteiger partial charge in [0, 0.05) is 41.7 Å². The summed E-state index contributed by atoms with van der Waals surface area (Å²) in [5.41, 5.74) is -0.133. The van der Waals surface area contributed by atoms with Gasteiger partial charge in [0.05, 0.1) is 13.1 Å². The molecule has 6 nitrogen and oxygen atoms in total. The summed E-state index contributed by atoms with van der Waals surface area (Å²) in [6.07, 6.45) is -3.56. The number of hydrogen-bond acceptors (Lipinski definition) is 4. The summed E-state index contributed by atoms with van der Waals surface area (Å²) >= 11 is 1.24. The van der Waals surface area contributed by atoms with Crippen molar-refractivity contribution >= 4 is 22.2 Å². The molecule has 1 amide bonds. The van der Waals surface area contributed by atoms with Crippen molar-refractivity contribution in [2.45, 2.75) is 31.6 Å². The standard InChI is InChI=1S/C26H24F5N5OS/c1-32-23-11-18-19(12-35(14-21(18)38-23)24(37)9-6-10-34(2)3)16-7-4-5-8-17(16)20-13-36(15-22(27)28)33-25(20)26(29,30)31/h4-9,11,13,19,22H,10,12,14-15H2,2-3H3/b9-6+/t19-/m0/s1. The molecule has 38 heavy (non-hydrogen) atoms. The van der Waals surface area contributed by atoms with E-state index in [-0.39, 0.29) is 30.1 Å². The number of likely N-dealkylation sites (N-methyl/N-ethyl adjacent to an activating group) is 1. The molecule has 1 atom stereocenters. The molecule has 3 heterocycles. The van der Waals surface area contributed by atoms with Gasteiger partial charge in [0.15, 0.2) is 5.69 Å². The number of hydrogen-bond donors (Lipinski definition) is 0. The summed E-state index contributed by atoms with van der Waals surface area (Å²) < 4.78 is 68.3. The molecule has 1 aliphatic heterocycles. The second-order valence-electron chi connectivity index (χ2n) is 9.10. The number of rotatable bonds is 7. The van der Waals surface area contributed by atoms with Gasteiger partial charge in [-0.1, -0.05) is 30.3 Å². The number of carbonyl (C=O) groups excluding carboxylic acids is 1. The van der Waals surface area contributed by atoms with Gasteiger partial charge in [-0.05, 0) is 36.9 Å². The van der Waals surface area contributed by atoms with E-state index in [0.717, 1.165) is 16.6 Å². The number of alkyl halides is 5. The van der Waals surface area contributed by atoms with Gasteiger partial charge in [0.25, 0.3) is 6.43 Å². The van der Waals surface area contributed by atoms with E-state index in [0.29, 0.717) is 21.8 Å². The minimum Gasteiger partial charge on any atom is -0.333 e. The van der Waals surface area contributed by atoms with Crippen LogP contribution in [-0.4, -0.2) is 59.1 Å². The Morgan fingerprint density at radius 1 is 1.26 bits per heavy atom. The second kappa shape index (κ2) is 11.0. The van der Waals surface area contributed by atoms with E-state index in [4.69, 9.17) is 6.57 Å².